The third-order valence-corrected chi connectivity index (χ3v) is 4.98. The van der Waals surface area contributed by atoms with E-state index in [4.69, 9.17) is 5.26 Å². The van der Waals surface area contributed by atoms with Gasteiger partial charge in [0.1, 0.15) is 21.5 Å². The Bertz CT molecular complexity index is 786. The van der Waals surface area contributed by atoms with Crippen molar-refractivity contribution in [2.24, 2.45) is 5.10 Å². The largest absolute Gasteiger partial charge is 0.288 e. The maximum absolute atomic E-state index is 14.0. The fraction of sp³-hybridized carbons (Fsp3) is 0.176. The molecule has 1 heterocycles. The van der Waals surface area contributed by atoms with Crippen molar-refractivity contribution < 1.29 is 8.78 Å². The molecule has 2 aromatic carbocycles. The summed E-state index contributed by atoms with van der Waals surface area (Å²) in [6, 6.07) is 15.0. The molecule has 0 bridgehead atoms. The molecule has 0 fully saturated rings. The lowest BCUT2D eigenvalue weighted by Crippen LogP contribution is -2.32. The Hall–Kier alpha value is -2.39. The second kappa shape index (κ2) is 6.39. The summed E-state index contributed by atoms with van der Waals surface area (Å²) in [7, 11) is 0. The topological polar surface area (TPSA) is 48.2 Å². The molecule has 1 atom stereocenters. The van der Waals surface area contributed by atoms with Crippen molar-refractivity contribution in [1.82, 2.24) is 5.43 Å². The molecule has 0 amide bonds. The molecule has 1 aliphatic heterocycles. The molecule has 0 spiro atoms. The first-order chi connectivity index (χ1) is 11.1. The molecule has 1 aliphatic rings. The van der Waals surface area contributed by atoms with Gasteiger partial charge in [0.15, 0.2) is 0 Å². The van der Waals surface area contributed by atoms with Crippen LogP contribution in [-0.4, -0.2) is 5.04 Å². The average molecular weight is 329 g/mol. The molecule has 3 rings (SSSR count). The van der Waals surface area contributed by atoms with E-state index in [-0.39, 0.29) is 5.56 Å². The van der Waals surface area contributed by atoms with Gasteiger partial charge in [-0.15, -0.1) is 0 Å². The van der Waals surface area contributed by atoms with Gasteiger partial charge in [-0.2, -0.15) is 10.4 Å². The summed E-state index contributed by atoms with van der Waals surface area (Å²) < 4.78 is 27.4. The van der Waals surface area contributed by atoms with Gasteiger partial charge in [0.25, 0.3) is 0 Å². The molecule has 23 heavy (non-hydrogen) atoms. The summed E-state index contributed by atoms with van der Waals surface area (Å²) in [6.07, 6.45) is 0.825. The monoisotopic (exact) mass is 329 g/mol. The molecule has 116 valence electrons. The fourth-order valence-corrected chi connectivity index (χ4v) is 3.68. The molecule has 1 unspecified atom stereocenters. The van der Waals surface area contributed by atoms with Gasteiger partial charge in [-0.05, 0) is 30.2 Å². The standard InChI is InChI=1S/C17H13F2N3S/c18-13-7-8-15(19)14(11-13)16-21-22-17(23-16,9-4-10-20)12-5-2-1-3-6-12/h1-3,5-8,11,22H,4,9H2. The smallest absolute Gasteiger partial charge is 0.133 e. The van der Waals surface area contributed by atoms with Gasteiger partial charge < -0.3 is 0 Å². The number of hydrogen-bond donors (Lipinski definition) is 1. The predicted octanol–water partition coefficient (Wildman–Crippen LogP) is 4.12. The van der Waals surface area contributed by atoms with Crippen LogP contribution in [0.1, 0.15) is 24.0 Å². The Labute approximate surface area is 137 Å². The minimum atomic E-state index is -0.648. The van der Waals surface area contributed by atoms with E-state index in [9.17, 15) is 8.78 Å². The third-order valence-electron chi connectivity index (χ3n) is 3.60. The summed E-state index contributed by atoms with van der Waals surface area (Å²) in [6.45, 7) is 0. The van der Waals surface area contributed by atoms with Crippen molar-refractivity contribution in [3.8, 4) is 6.07 Å². The van der Waals surface area contributed by atoms with Crippen molar-refractivity contribution in [2.45, 2.75) is 17.7 Å². The minimum Gasteiger partial charge on any atom is -0.288 e. The predicted molar refractivity (Wildman–Crippen MR) is 86.6 cm³/mol. The maximum atomic E-state index is 14.0. The van der Waals surface area contributed by atoms with Crippen LogP contribution in [0.2, 0.25) is 0 Å². The zero-order valence-corrected chi connectivity index (χ0v) is 12.9. The number of hydrazone groups is 1. The lowest BCUT2D eigenvalue weighted by molar-refractivity contribution is 0.483. The van der Waals surface area contributed by atoms with Crippen molar-refractivity contribution in [2.75, 3.05) is 0 Å². The van der Waals surface area contributed by atoms with Gasteiger partial charge in [-0.3, -0.25) is 5.43 Å². The van der Waals surface area contributed by atoms with Crippen molar-refractivity contribution >= 4 is 16.8 Å². The van der Waals surface area contributed by atoms with Crippen LogP contribution in [0, 0.1) is 23.0 Å². The van der Waals surface area contributed by atoms with Crippen LogP contribution in [0.4, 0.5) is 8.78 Å². The second-order valence-corrected chi connectivity index (χ2v) is 6.39. The molecule has 2 aromatic rings. The number of nitriles is 1. The van der Waals surface area contributed by atoms with E-state index in [0.717, 1.165) is 23.8 Å². The molecule has 0 radical (unpaired) electrons. The number of thioether (sulfide) groups is 1. The number of hydrogen-bond acceptors (Lipinski definition) is 4. The third kappa shape index (κ3) is 3.06. The molecule has 0 saturated heterocycles. The van der Waals surface area contributed by atoms with E-state index in [1.54, 1.807) is 0 Å². The van der Waals surface area contributed by atoms with Crippen LogP contribution < -0.4 is 5.43 Å². The van der Waals surface area contributed by atoms with Gasteiger partial charge in [-0.25, -0.2) is 8.78 Å². The number of nitrogens with zero attached hydrogens (tertiary/aromatic N) is 2. The van der Waals surface area contributed by atoms with Gasteiger partial charge in [0.05, 0.1) is 6.07 Å². The van der Waals surface area contributed by atoms with Crippen LogP contribution in [-0.2, 0) is 4.87 Å². The number of nitrogens with one attached hydrogen (secondary N) is 1. The van der Waals surface area contributed by atoms with Crippen LogP contribution in [0.5, 0.6) is 0 Å². The zero-order chi connectivity index (χ0) is 16.3. The highest BCUT2D eigenvalue weighted by Crippen LogP contribution is 2.44. The van der Waals surface area contributed by atoms with E-state index >= 15 is 0 Å². The molecule has 0 aliphatic carbocycles. The molecular formula is C17H13F2N3S. The Morgan fingerprint density at radius 3 is 2.70 bits per heavy atom. The molecule has 1 N–H and O–H groups in total. The number of halogens is 2. The minimum absolute atomic E-state index is 0.122. The highest BCUT2D eigenvalue weighted by Gasteiger charge is 2.39. The summed E-state index contributed by atoms with van der Waals surface area (Å²) in [5.74, 6) is -1.04. The van der Waals surface area contributed by atoms with Gasteiger partial charge in [0.2, 0.25) is 0 Å². The van der Waals surface area contributed by atoms with Crippen LogP contribution >= 0.6 is 11.8 Å². The molecule has 0 aromatic heterocycles. The zero-order valence-electron chi connectivity index (χ0n) is 12.1. The Balaban J connectivity index is 1.94. The first-order valence-corrected chi connectivity index (χ1v) is 7.88. The summed E-state index contributed by atoms with van der Waals surface area (Å²) in [5.41, 5.74) is 4.09. The molecule has 6 heteroatoms. The van der Waals surface area contributed by atoms with E-state index < -0.39 is 16.5 Å². The lowest BCUT2D eigenvalue weighted by Gasteiger charge is -2.27. The van der Waals surface area contributed by atoms with Gasteiger partial charge in [-0.1, -0.05) is 42.1 Å². The molecule has 0 saturated carbocycles. The Morgan fingerprint density at radius 2 is 1.96 bits per heavy atom. The quantitative estimate of drug-likeness (QED) is 0.918. The molecular weight excluding hydrogens is 316 g/mol. The van der Waals surface area contributed by atoms with E-state index in [0.29, 0.717) is 17.9 Å². The fourth-order valence-electron chi connectivity index (χ4n) is 2.44. The SMILES string of the molecule is N#CCCC1(c2ccccc2)NN=C(c2cc(F)ccc2F)S1. The van der Waals surface area contributed by atoms with Crippen LogP contribution in [0.3, 0.4) is 0 Å². The van der Waals surface area contributed by atoms with Crippen LogP contribution in [0.25, 0.3) is 0 Å². The number of rotatable bonds is 4. The maximum Gasteiger partial charge on any atom is 0.133 e. The number of benzene rings is 2. The van der Waals surface area contributed by atoms with Crippen molar-refractivity contribution in [3.05, 3.63) is 71.3 Å². The van der Waals surface area contributed by atoms with E-state index in [1.165, 1.54) is 11.8 Å². The normalized spacial score (nSPS) is 19.8. The van der Waals surface area contributed by atoms with E-state index in [1.807, 2.05) is 30.3 Å². The second-order valence-electron chi connectivity index (χ2n) is 5.11. The lowest BCUT2D eigenvalue weighted by atomic mass is 10.0. The summed E-state index contributed by atoms with van der Waals surface area (Å²) in [5, 5.41) is 13.5. The Kier molecular flexibility index (Phi) is 4.30. The average Bonchev–Trinajstić information content (AvgIpc) is 3.01. The molecule has 3 nitrogen and oxygen atoms in total. The van der Waals surface area contributed by atoms with Crippen LogP contribution in [0.15, 0.2) is 53.6 Å². The first-order valence-electron chi connectivity index (χ1n) is 7.06. The van der Waals surface area contributed by atoms with Gasteiger partial charge >= 0.3 is 0 Å². The van der Waals surface area contributed by atoms with Gasteiger partial charge in [0, 0.05) is 12.0 Å². The highest BCUT2D eigenvalue weighted by atomic mass is 32.2. The van der Waals surface area contributed by atoms with Crippen molar-refractivity contribution in [3.63, 3.8) is 0 Å². The Morgan fingerprint density at radius 1 is 1.17 bits per heavy atom. The summed E-state index contributed by atoms with van der Waals surface area (Å²) in [4.78, 5) is -0.648. The van der Waals surface area contributed by atoms with E-state index in [2.05, 4.69) is 16.6 Å². The summed E-state index contributed by atoms with van der Waals surface area (Å²) >= 11 is 1.31. The highest BCUT2D eigenvalue weighted by molar-refractivity contribution is 8.15. The van der Waals surface area contributed by atoms with Crippen molar-refractivity contribution in [1.29, 1.82) is 5.26 Å². The first kappa shape index (κ1) is 15.5.